The van der Waals surface area contributed by atoms with Crippen LogP contribution in [0.5, 0.6) is 0 Å². The van der Waals surface area contributed by atoms with Gasteiger partial charge in [-0.05, 0) is 42.3 Å². The van der Waals surface area contributed by atoms with Gasteiger partial charge in [0.2, 0.25) is 5.91 Å². The van der Waals surface area contributed by atoms with Crippen molar-refractivity contribution in [2.75, 3.05) is 26.8 Å². The molecule has 0 atom stereocenters. The van der Waals surface area contributed by atoms with Crippen molar-refractivity contribution in [1.29, 1.82) is 0 Å². The van der Waals surface area contributed by atoms with Crippen molar-refractivity contribution in [1.82, 2.24) is 14.4 Å². The Labute approximate surface area is 227 Å². The third kappa shape index (κ3) is 8.35. The normalized spacial score (nSPS) is 11.9. The molecule has 216 valence electrons. The van der Waals surface area contributed by atoms with Gasteiger partial charge in [0.15, 0.2) is 0 Å². The van der Waals surface area contributed by atoms with Crippen LogP contribution in [0.1, 0.15) is 39.2 Å². The summed E-state index contributed by atoms with van der Waals surface area (Å²) in [6.45, 7) is -0.186. The second-order valence-electron chi connectivity index (χ2n) is 9.21. The summed E-state index contributed by atoms with van der Waals surface area (Å²) in [5, 5.41) is 0. The summed E-state index contributed by atoms with van der Waals surface area (Å²) in [6.07, 6.45) is -8.23. The maximum atomic E-state index is 13.5. The highest BCUT2D eigenvalue weighted by molar-refractivity contribution is 5.97. The lowest BCUT2D eigenvalue weighted by atomic mass is 10.0. The smallest absolute Gasteiger partial charge is 0.385 e. The molecule has 0 unspecified atom stereocenters. The summed E-state index contributed by atoms with van der Waals surface area (Å²) < 4.78 is 87.3. The van der Waals surface area contributed by atoms with Crippen LogP contribution in [0.4, 0.5) is 26.3 Å². The fraction of sp³-hybridized carbons (Fsp3) is 0.357. The third-order valence-electron chi connectivity index (χ3n) is 6.20. The summed E-state index contributed by atoms with van der Waals surface area (Å²) >= 11 is 0. The van der Waals surface area contributed by atoms with Crippen LogP contribution in [0.3, 0.4) is 0 Å². The number of alkyl halides is 6. The first kappa shape index (κ1) is 30.7. The van der Waals surface area contributed by atoms with E-state index in [1.165, 1.54) is 12.0 Å². The molecule has 0 fully saturated rings. The fourth-order valence-electron chi connectivity index (χ4n) is 4.07. The molecule has 0 saturated carbocycles. The van der Waals surface area contributed by atoms with Gasteiger partial charge in [-0.2, -0.15) is 26.3 Å². The van der Waals surface area contributed by atoms with Gasteiger partial charge < -0.3 is 19.1 Å². The van der Waals surface area contributed by atoms with Gasteiger partial charge in [-0.3, -0.25) is 9.59 Å². The van der Waals surface area contributed by atoms with Crippen LogP contribution < -0.4 is 0 Å². The van der Waals surface area contributed by atoms with Crippen molar-refractivity contribution in [3.8, 4) is 0 Å². The molecule has 0 aliphatic carbocycles. The molecule has 2 aromatic carbocycles. The molecule has 6 nitrogen and oxygen atoms in total. The first-order chi connectivity index (χ1) is 18.8. The van der Waals surface area contributed by atoms with Crippen molar-refractivity contribution >= 4 is 11.8 Å². The minimum absolute atomic E-state index is 0.0430. The van der Waals surface area contributed by atoms with E-state index in [0.29, 0.717) is 12.1 Å². The molecule has 0 bridgehead atoms. The first-order valence-electron chi connectivity index (χ1n) is 12.3. The molecule has 3 rings (SSSR count). The summed E-state index contributed by atoms with van der Waals surface area (Å²) in [6, 6.07) is 13.4. The van der Waals surface area contributed by atoms with E-state index in [4.69, 9.17) is 4.74 Å². The monoisotopic (exact) mass is 569 g/mol. The number of rotatable bonds is 11. The van der Waals surface area contributed by atoms with E-state index in [1.807, 2.05) is 28.8 Å². The Hall–Kier alpha value is -3.80. The Kier molecular flexibility index (Phi) is 10.0. The summed E-state index contributed by atoms with van der Waals surface area (Å²) in [5.41, 5.74) is -2.44. The maximum absolute atomic E-state index is 13.5. The first-order valence-corrected chi connectivity index (χ1v) is 12.3. The number of aromatic nitrogens is 1. The lowest BCUT2D eigenvalue weighted by molar-refractivity contribution is -0.143. The molecule has 1 heterocycles. The van der Waals surface area contributed by atoms with Gasteiger partial charge in [0.1, 0.15) is 6.54 Å². The van der Waals surface area contributed by atoms with E-state index in [0.717, 1.165) is 16.2 Å². The number of carbonyl (C=O) groups is 2. The Balaban J connectivity index is 1.95. The molecule has 0 aliphatic heterocycles. The zero-order chi connectivity index (χ0) is 29.5. The standard InChI is InChI=1S/C28H29F6N3O3/c1-35-11-6-10-24(35)18-37(17-20-8-4-3-5-9-20)25(38)19-36(12-7-13-40-2)26(39)21-14-22(27(29,30)31)16-23(15-21)28(32,33)34/h3-6,8-11,14-16H,7,12-13,17-19H2,1-2H3. The van der Waals surface area contributed by atoms with Crippen molar-refractivity contribution in [3.05, 3.63) is 94.8 Å². The summed E-state index contributed by atoms with van der Waals surface area (Å²) in [7, 11) is 3.20. The van der Waals surface area contributed by atoms with E-state index in [9.17, 15) is 35.9 Å². The summed E-state index contributed by atoms with van der Waals surface area (Å²) in [5.74, 6) is -1.65. The minimum atomic E-state index is -5.12. The highest BCUT2D eigenvalue weighted by Gasteiger charge is 2.38. The zero-order valence-electron chi connectivity index (χ0n) is 21.9. The van der Waals surface area contributed by atoms with E-state index in [2.05, 4.69) is 0 Å². The quantitative estimate of drug-likeness (QED) is 0.218. The largest absolute Gasteiger partial charge is 0.416 e. The van der Waals surface area contributed by atoms with Crippen LogP contribution in [0.15, 0.2) is 66.9 Å². The average molecular weight is 570 g/mol. The van der Waals surface area contributed by atoms with Gasteiger partial charge in [0.25, 0.3) is 5.91 Å². The highest BCUT2D eigenvalue weighted by Crippen LogP contribution is 2.36. The van der Waals surface area contributed by atoms with Gasteiger partial charge >= 0.3 is 12.4 Å². The van der Waals surface area contributed by atoms with Crippen LogP contribution in [0.25, 0.3) is 0 Å². The average Bonchev–Trinajstić information content (AvgIpc) is 3.30. The Morgan fingerprint density at radius 1 is 0.850 bits per heavy atom. The molecule has 3 aromatic rings. The SMILES string of the molecule is COCCCN(CC(=O)N(Cc1ccccc1)Cc1cccn1C)C(=O)c1cc(C(F)(F)F)cc(C(F)(F)F)c1. The molecular formula is C28H29F6N3O3. The van der Waals surface area contributed by atoms with Crippen LogP contribution >= 0.6 is 0 Å². The molecule has 2 amide bonds. The number of hydrogen-bond donors (Lipinski definition) is 0. The lowest BCUT2D eigenvalue weighted by Gasteiger charge is -2.28. The number of halogens is 6. The second-order valence-corrected chi connectivity index (χ2v) is 9.21. The second kappa shape index (κ2) is 13.0. The highest BCUT2D eigenvalue weighted by atomic mass is 19.4. The number of ether oxygens (including phenoxy) is 1. The Morgan fingerprint density at radius 3 is 2.00 bits per heavy atom. The topological polar surface area (TPSA) is 54.8 Å². The summed E-state index contributed by atoms with van der Waals surface area (Å²) in [4.78, 5) is 29.3. The number of amides is 2. The van der Waals surface area contributed by atoms with E-state index in [1.54, 1.807) is 31.4 Å². The molecule has 0 aliphatic rings. The van der Waals surface area contributed by atoms with Crippen LogP contribution in [0.2, 0.25) is 0 Å². The third-order valence-corrected chi connectivity index (χ3v) is 6.20. The van der Waals surface area contributed by atoms with E-state index < -0.39 is 47.4 Å². The minimum Gasteiger partial charge on any atom is -0.385 e. The number of benzene rings is 2. The molecule has 0 radical (unpaired) electrons. The van der Waals surface area contributed by atoms with Crippen molar-refractivity contribution in [2.45, 2.75) is 31.9 Å². The predicted octanol–water partition coefficient (Wildman–Crippen LogP) is 5.77. The fourth-order valence-corrected chi connectivity index (χ4v) is 4.07. The molecule has 0 N–H and O–H groups in total. The molecule has 0 saturated heterocycles. The van der Waals surface area contributed by atoms with E-state index in [-0.39, 0.29) is 38.7 Å². The van der Waals surface area contributed by atoms with Gasteiger partial charge in [0, 0.05) is 51.3 Å². The molecule has 40 heavy (non-hydrogen) atoms. The van der Waals surface area contributed by atoms with E-state index >= 15 is 0 Å². The molecule has 0 spiro atoms. The number of aryl methyl sites for hydroxylation is 1. The number of hydrogen-bond acceptors (Lipinski definition) is 3. The van der Waals surface area contributed by atoms with Gasteiger partial charge in [-0.1, -0.05) is 30.3 Å². The van der Waals surface area contributed by atoms with Gasteiger partial charge in [-0.25, -0.2) is 0 Å². The zero-order valence-corrected chi connectivity index (χ0v) is 21.9. The van der Waals surface area contributed by atoms with Crippen LogP contribution in [0, 0.1) is 0 Å². The molecule has 12 heteroatoms. The Morgan fingerprint density at radius 2 is 1.48 bits per heavy atom. The van der Waals surface area contributed by atoms with Crippen molar-refractivity contribution < 1.29 is 40.7 Å². The number of carbonyl (C=O) groups excluding carboxylic acids is 2. The van der Waals surface area contributed by atoms with Crippen LogP contribution in [-0.4, -0.2) is 53.0 Å². The number of nitrogens with zero attached hydrogens (tertiary/aromatic N) is 3. The van der Waals surface area contributed by atoms with Gasteiger partial charge in [0.05, 0.1) is 17.7 Å². The molecular weight excluding hydrogens is 540 g/mol. The maximum Gasteiger partial charge on any atom is 0.416 e. The Bertz CT molecular complexity index is 1260. The predicted molar refractivity (Wildman–Crippen MR) is 135 cm³/mol. The van der Waals surface area contributed by atoms with Crippen molar-refractivity contribution in [3.63, 3.8) is 0 Å². The lowest BCUT2D eigenvalue weighted by Crippen LogP contribution is -2.43. The molecule has 1 aromatic heterocycles. The van der Waals surface area contributed by atoms with Gasteiger partial charge in [-0.15, -0.1) is 0 Å². The number of methoxy groups -OCH3 is 1. The van der Waals surface area contributed by atoms with Crippen LogP contribution in [-0.2, 0) is 42.0 Å². The van der Waals surface area contributed by atoms with Crippen molar-refractivity contribution in [2.24, 2.45) is 7.05 Å².